The van der Waals surface area contributed by atoms with Crippen molar-refractivity contribution < 1.29 is 4.42 Å². The first-order valence-corrected chi connectivity index (χ1v) is 10.2. The first kappa shape index (κ1) is 17.5. The molecule has 0 aliphatic carbocycles. The lowest BCUT2D eigenvalue weighted by molar-refractivity contribution is 0.166. The van der Waals surface area contributed by atoms with Crippen LogP contribution in [-0.2, 0) is 13.1 Å². The third-order valence-electron chi connectivity index (χ3n) is 5.02. The molecule has 1 unspecified atom stereocenters. The second-order valence-corrected chi connectivity index (χ2v) is 8.17. The van der Waals surface area contributed by atoms with Crippen molar-refractivity contribution in [1.82, 2.24) is 20.4 Å². The highest BCUT2D eigenvalue weighted by Crippen LogP contribution is 2.24. The summed E-state index contributed by atoms with van der Waals surface area (Å²) >= 11 is 1.86. The van der Waals surface area contributed by atoms with Gasteiger partial charge in [0.1, 0.15) is 11.5 Å². The van der Waals surface area contributed by atoms with Crippen molar-refractivity contribution >= 4 is 11.3 Å². The number of piperidine rings is 1. The topological polar surface area (TPSA) is 57.1 Å². The fourth-order valence-electron chi connectivity index (χ4n) is 3.72. The van der Waals surface area contributed by atoms with Gasteiger partial charge in [0.15, 0.2) is 5.76 Å². The van der Waals surface area contributed by atoms with Gasteiger partial charge in [-0.3, -0.25) is 10.00 Å². The van der Waals surface area contributed by atoms with Gasteiger partial charge in [-0.05, 0) is 62.4 Å². The number of aromatic amines is 1. The Labute approximate surface area is 158 Å². The number of thiophene rings is 1. The van der Waals surface area contributed by atoms with Crippen LogP contribution in [-0.4, -0.2) is 34.7 Å². The number of nitrogens with zero attached hydrogens (tertiary/aromatic N) is 2. The molecule has 6 heteroatoms. The Morgan fingerprint density at radius 3 is 3.15 bits per heavy atom. The molecule has 0 saturated carbocycles. The SMILES string of the molecule is Cc1ccc(-c2[nH]ncc2CNCC2CCCN(Cc3cccs3)C2)o1. The van der Waals surface area contributed by atoms with Crippen LogP contribution >= 0.6 is 11.3 Å². The van der Waals surface area contributed by atoms with E-state index in [-0.39, 0.29) is 0 Å². The minimum absolute atomic E-state index is 0.713. The van der Waals surface area contributed by atoms with Gasteiger partial charge in [0, 0.05) is 30.1 Å². The highest BCUT2D eigenvalue weighted by Gasteiger charge is 2.20. The van der Waals surface area contributed by atoms with E-state index in [1.54, 1.807) is 0 Å². The molecule has 0 spiro atoms. The van der Waals surface area contributed by atoms with Gasteiger partial charge in [-0.15, -0.1) is 11.3 Å². The lowest BCUT2D eigenvalue weighted by Gasteiger charge is -2.32. The van der Waals surface area contributed by atoms with Gasteiger partial charge < -0.3 is 9.73 Å². The standard InChI is InChI=1S/C20H26N4OS/c1-15-6-7-19(25-15)20-17(12-22-23-20)11-21-10-16-4-2-8-24(13-16)14-18-5-3-9-26-18/h3,5-7,9,12,16,21H,2,4,8,10-11,13-14H2,1H3,(H,22,23). The molecule has 2 N–H and O–H groups in total. The number of rotatable bonds is 7. The summed E-state index contributed by atoms with van der Waals surface area (Å²) in [6.07, 6.45) is 4.49. The highest BCUT2D eigenvalue weighted by molar-refractivity contribution is 7.09. The van der Waals surface area contributed by atoms with Crippen LogP contribution in [0.4, 0.5) is 0 Å². The van der Waals surface area contributed by atoms with Crippen LogP contribution in [0.25, 0.3) is 11.5 Å². The van der Waals surface area contributed by atoms with Crippen LogP contribution in [0.2, 0.25) is 0 Å². The number of hydrogen-bond acceptors (Lipinski definition) is 5. The van der Waals surface area contributed by atoms with E-state index >= 15 is 0 Å². The Kier molecular flexibility index (Phi) is 5.53. The molecular formula is C20H26N4OS. The van der Waals surface area contributed by atoms with Gasteiger partial charge in [-0.1, -0.05) is 6.07 Å². The predicted octanol–water partition coefficient (Wildman–Crippen LogP) is 4.04. The molecule has 1 aliphatic heterocycles. The largest absolute Gasteiger partial charge is 0.460 e. The molecule has 1 atom stereocenters. The number of aromatic nitrogens is 2. The Balaban J connectivity index is 1.28. The maximum atomic E-state index is 5.72. The fraction of sp³-hybridized carbons (Fsp3) is 0.450. The lowest BCUT2D eigenvalue weighted by Crippen LogP contribution is -2.39. The van der Waals surface area contributed by atoms with Crippen LogP contribution in [0, 0.1) is 12.8 Å². The van der Waals surface area contributed by atoms with Crippen molar-refractivity contribution in [3.05, 3.63) is 52.0 Å². The van der Waals surface area contributed by atoms with Crippen molar-refractivity contribution in [2.24, 2.45) is 5.92 Å². The molecular weight excluding hydrogens is 344 g/mol. The average molecular weight is 371 g/mol. The summed E-state index contributed by atoms with van der Waals surface area (Å²) in [5.41, 5.74) is 2.14. The van der Waals surface area contributed by atoms with Crippen LogP contribution in [0.5, 0.6) is 0 Å². The first-order valence-electron chi connectivity index (χ1n) is 9.32. The van der Waals surface area contributed by atoms with Crippen molar-refractivity contribution in [3.63, 3.8) is 0 Å². The van der Waals surface area contributed by atoms with E-state index in [2.05, 4.69) is 37.9 Å². The molecule has 4 heterocycles. The summed E-state index contributed by atoms with van der Waals surface area (Å²) in [7, 11) is 0. The molecule has 0 bridgehead atoms. The highest BCUT2D eigenvalue weighted by atomic mass is 32.1. The van der Waals surface area contributed by atoms with Gasteiger partial charge in [0.05, 0.1) is 6.20 Å². The smallest absolute Gasteiger partial charge is 0.152 e. The fourth-order valence-corrected chi connectivity index (χ4v) is 4.47. The van der Waals surface area contributed by atoms with Crippen LogP contribution < -0.4 is 5.32 Å². The van der Waals surface area contributed by atoms with Gasteiger partial charge >= 0.3 is 0 Å². The first-order chi connectivity index (χ1) is 12.8. The van der Waals surface area contributed by atoms with Crippen LogP contribution in [0.3, 0.4) is 0 Å². The summed E-state index contributed by atoms with van der Waals surface area (Å²) < 4.78 is 5.72. The van der Waals surface area contributed by atoms with E-state index in [0.29, 0.717) is 5.92 Å². The number of likely N-dealkylation sites (tertiary alicyclic amines) is 1. The van der Waals surface area contributed by atoms with Gasteiger partial charge in [-0.25, -0.2) is 0 Å². The molecule has 26 heavy (non-hydrogen) atoms. The second kappa shape index (κ2) is 8.20. The third-order valence-corrected chi connectivity index (χ3v) is 5.88. The number of hydrogen-bond donors (Lipinski definition) is 2. The quantitative estimate of drug-likeness (QED) is 0.659. The van der Waals surface area contributed by atoms with E-state index in [4.69, 9.17) is 4.42 Å². The van der Waals surface area contributed by atoms with E-state index in [1.807, 2.05) is 36.6 Å². The zero-order valence-corrected chi connectivity index (χ0v) is 16.0. The second-order valence-electron chi connectivity index (χ2n) is 7.13. The lowest BCUT2D eigenvalue weighted by atomic mass is 9.98. The predicted molar refractivity (Wildman–Crippen MR) is 105 cm³/mol. The Morgan fingerprint density at radius 2 is 2.35 bits per heavy atom. The van der Waals surface area contributed by atoms with Gasteiger partial charge in [0.2, 0.25) is 0 Å². The van der Waals surface area contributed by atoms with Crippen molar-refractivity contribution in [2.75, 3.05) is 19.6 Å². The molecule has 1 aliphatic rings. The number of nitrogens with one attached hydrogen (secondary N) is 2. The molecule has 4 rings (SSSR count). The normalized spacial score (nSPS) is 18.4. The van der Waals surface area contributed by atoms with Gasteiger partial charge in [-0.2, -0.15) is 5.10 Å². The minimum Gasteiger partial charge on any atom is -0.460 e. The Hall–Kier alpha value is -1.89. The maximum absolute atomic E-state index is 5.72. The summed E-state index contributed by atoms with van der Waals surface area (Å²) in [6.45, 7) is 7.31. The summed E-state index contributed by atoms with van der Waals surface area (Å²) in [4.78, 5) is 4.06. The summed E-state index contributed by atoms with van der Waals surface area (Å²) in [5, 5.41) is 13.1. The zero-order chi connectivity index (χ0) is 17.8. The average Bonchev–Trinajstić information content (AvgIpc) is 3.37. The van der Waals surface area contributed by atoms with E-state index in [1.165, 1.54) is 30.8 Å². The molecule has 5 nitrogen and oxygen atoms in total. The monoisotopic (exact) mass is 370 g/mol. The summed E-state index contributed by atoms with van der Waals surface area (Å²) in [6, 6.07) is 8.36. The number of furan rings is 1. The molecule has 138 valence electrons. The zero-order valence-electron chi connectivity index (χ0n) is 15.2. The molecule has 1 fully saturated rings. The Morgan fingerprint density at radius 1 is 1.38 bits per heavy atom. The van der Waals surface area contributed by atoms with Crippen LogP contribution in [0.1, 0.15) is 29.0 Å². The molecule has 0 aromatic carbocycles. The molecule has 3 aromatic heterocycles. The number of aryl methyl sites for hydroxylation is 1. The van der Waals surface area contributed by atoms with Gasteiger partial charge in [0.25, 0.3) is 0 Å². The third kappa shape index (κ3) is 4.26. The number of H-pyrrole nitrogens is 1. The van der Waals surface area contributed by atoms with Crippen molar-refractivity contribution in [2.45, 2.75) is 32.9 Å². The molecule has 1 saturated heterocycles. The Bertz CT molecular complexity index is 808. The van der Waals surface area contributed by atoms with Crippen molar-refractivity contribution in [1.29, 1.82) is 0 Å². The van der Waals surface area contributed by atoms with Crippen LogP contribution in [0.15, 0.2) is 40.3 Å². The minimum atomic E-state index is 0.713. The van der Waals surface area contributed by atoms with E-state index in [0.717, 1.165) is 42.4 Å². The maximum Gasteiger partial charge on any atom is 0.152 e. The molecule has 3 aromatic rings. The van der Waals surface area contributed by atoms with E-state index in [9.17, 15) is 0 Å². The molecule has 0 amide bonds. The summed E-state index contributed by atoms with van der Waals surface area (Å²) in [5.74, 6) is 2.49. The van der Waals surface area contributed by atoms with Crippen molar-refractivity contribution in [3.8, 4) is 11.5 Å². The molecule has 0 radical (unpaired) electrons. The van der Waals surface area contributed by atoms with E-state index < -0.39 is 0 Å².